The highest BCUT2D eigenvalue weighted by Crippen LogP contribution is 1.75. The molecule has 0 rings (SSSR count). The van der Waals surface area contributed by atoms with Crippen molar-refractivity contribution in [1.82, 2.24) is 0 Å². The molecule has 0 saturated carbocycles. The van der Waals surface area contributed by atoms with E-state index < -0.39 is 0 Å². The zero-order valence-corrected chi connectivity index (χ0v) is 3.62. The zero-order chi connectivity index (χ0) is 3.41. The summed E-state index contributed by atoms with van der Waals surface area (Å²) in [6.07, 6.45) is 2.28. The number of hydrogen-bond acceptors (Lipinski definition) is 0. The Balaban J connectivity index is 0. The van der Waals surface area contributed by atoms with Gasteiger partial charge in [0.1, 0.15) is 0 Å². The van der Waals surface area contributed by atoms with Crippen molar-refractivity contribution < 1.29 is 5.48 Å². The molecular formula is C4H11O. The molecule has 0 saturated heterocycles. The van der Waals surface area contributed by atoms with Crippen LogP contribution in [0.3, 0.4) is 0 Å². The van der Waals surface area contributed by atoms with Crippen LogP contribution in [0.5, 0.6) is 0 Å². The van der Waals surface area contributed by atoms with Gasteiger partial charge in [0.15, 0.2) is 0 Å². The van der Waals surface area contributed by atoms with Gasteiger partial charge < -0.3 is 5.48 Å². The van der Waals surface area contributed by atoms with E-state index in [4.69, 9.17) is 0 Å². The van der Waals surface area contributed by atoms with Gasteiger partial charge in [0.25, 0.3) is 0 Å². The normalized spacial score (nSPS) is 6.00. The van der Waals surface area contributed by atoms with Crippen LogP contribution in [0, 0.1) is 6.92 Å². The summed E-state index contributed by atoms with van der Waals surface area (Å²) < 4.78 is 0. The summed E-state index contributed by atoms with van der Waals surface area (Å²) in [4.78, 5) is 0. The maximum atomic E-state index is 3.60. The van der Waals surface area contributed by atoms with Crippen LogP contribution < -0.4 is 0 Å². The van der Waals surface area contributed by atoms with Crippen LogP contribution in [0.4, 0.5) is 0 Å². The second-order valence-electron chi connectivity index (χ2n) is 0.854. The summed E-state index contributed by atoms with van der Waals surface area (Å²) in [6.45, 7) is 5.72. The Morgan fingerprint density at radius 1 is 1.60 bits per heavy atom. The van der Waals surface area contributed by atoms with E-state index in [9.17, 15) is 0 Å². The van der Waals surface area contributed by atoms with E-state index in [-0.39, 0.29) is 5.48 Å². The summed E-state index contributed by atoms with van der Waals surface area (Å²) in [5, 5.41) is 0. The fourth-order valence-corrected chi connectivity index (χ4v) is 0. The lowest BCUT2D eigenvalue weighted by molar-refractivity contribution is 0.824. The average Bonchev–Trinajstić information content (AvgIpc) is 1.37. The molecule has 0 aliphatic rings. The van der Waals surface area contributed by atoms with Crippen molar-refractivity contribution in [3.8, 4) is 0 Å². The first-order chi connectivity index (χ1) is 1.91. The van der Waals surface area contributed by atoms with Crippen molar-refractivity contribution in [3.05, 3.63) is 6.92 Å². The van der Waals surface area contributed by atoms with Gasteiger partial charge in [-0.1, -0.05) is 26.7 Å². The van der Waals surface area contributed by atoms with Gasteiger partial charge in [-0.05, 0) is 0 Å². The lowest BCUT2D eigenvalue weighted by Gasteiger charge is -1.67. The summed E-state index contributed by atoms with van der Waals surface area (Å²) in [6, 6.07) is 0. The molecule has 0 spiro atoms. The Kier molecular flexibility index (Phi) is 16.0. The number of unbranched alkanes of at least 4 members (excludes halogenated alkanes) is 1. The van der Waals surface area contributed by atoms with Gasteiger partial charge in [0.05, 0.1) is 0 Å². The minimum atomic E-state index is 0. The number of rotatable bonds is 1. The van der Waals surface area contributed by atoms with Crippen LogP contribution in [0.25, 0.3) is 0 Å². The zero-order valence-electron chi connectivity index (χ0n) is 3.62. The average molecular weight is 75.1 g/mol. The molecule has 0 heterocycles. The standard InChI is InChI=1S/C4H9.H2O/c1-3-4-2;/h1,3-4H2,2H3;1H2. The molecule has 0 aromatic carbocycles. The topological polar surface area (TPSA) is 31.5 Å². The van der Waals surface area contributed by atoms with Crippen molar-refractivity contribution in [1.29, 1.82) is 0 Å². The molecule has 2 N–H and O–H groups in total. The minimum Gasteiger partial charge on any atom is -0.412 e. The molecule has 0 atom stereocenters. The second-order valence-corrected chi connectivity index (χ2v) is 0.854. The predicted octanol–water partition coefficient (Wildman–Crippen LogP) is 0.796. The highest BCUT2D eigenvalue weighted by molar-refractivity contribution is 4.29. The van der Waals surface area contributed by atoms with Crippen LogP contribution >= 0.6 is 0 Å². The van der Waals surface area contributed by atoms with Crippen molar-refractivity contribution in [2.45, 2.75) is 19.8 Å². The summed E-state index contributed by atoms with van der Waals surface area (Å²) >= 11 is 0. The van der Waals surface area contributed by atoms with E-state index in [1.165, 1.54) is 6.42 Å². The first kappa shape index (κ1) is 8.88. The molecular weight excluding hydrogens is 64.0 g/mol. The minimum absolute atomic E-state index is 0. The van der Waals surface area contributed by atoms with Crippen molar-refractivity contribution in [3.63, 3.8) is 0 Å². The van der Waals surface area contributed by atoms with E-state index in [2.05, 4.69) is 13.8 Å². The van der Waals surface area contributed by atoms with Crippen LogP contribution in [0.2, 0.25) is 0 Å². The summed E-state index contributed by atoms with van der Waals surface area (Å²) in [5.41, 5.74) is 0. The Morgan fingerprint density at radius 2 is 1.80 bits per heavy atom. The second kappa shape index (κ2) is 9.03. The van der Waals surface area contributed by atoms with Crippen molar-refractivity contribution >= 4 is 0 Å². The van der Waals surface area contributed by atoms with Gasteiger partial charge in [0, 0.05) is 0 Å². The number of hydrogen-bond donors (Lipinski definition) is 0. The monoisotopic (exact) mass is 75.1 g/mol. The molecule has 1 nitrogen and oxygen atoms in total. The maximum absolute atomic E-state index is 3.60. The van der Waals surface area contributed by atoms with Crippen LogP contribution in [0.15, 0.2) is 0 Å². The van der Waals surface area contributed by atoms with E-state index in [0.29, 0.717) is 0 Å². The van der Waals surface area contributed by atoms with E-state index in [1.54, 1.807) is 0 Å². The molecule has 0 unspecified atom stereocenters. The lowest BCUT2D eigenvalue weighted by Crippen LogP contribution is -1.48. The highest BCUT2D eigenvalue weighted by Gasteiger charge is 1.56. The van der Waals surface area contributed by atoms with E-state index in [1.807, 2.05) is 0 Å². The van der Waals surface area contributed by atoms with Gasteiger partial charge in [-0.25, -0.2) is 0 Å². The van der Waals surface area contributed by atoms with Crippen LogP contribution in [-0.2, 0) is 0 Å². The molecule has 1 radical (unpaired) electrons. The van der Waals surface area contributed by atoms with Gasteiger partial charge >= 0.3 is 0 Å². The maximum Gasteiger partial charge on any atom is -0.0533 e. The van der Waals surface area contributed by atoms with Crippen LogP contribution in [0.1, 0.15) is 19.8 Å². The van der Waals surface area contributed by atoms with Gasteiger partial charge in [-0.3, -0.25) is 0 Å². The lowest BCUT2D eigenvalue weighted by atomic mass is 10.4. The SMILES string of the molecule is O.[CH2]CCC. The summed E-state index contributed by atoms with van der Waals surface area (Å²) in [5.74, 6) is 0. The Bertz CT molecular complexity index is 5.61. The third-order valence-corrected chi connectivity index (χ3v) is 0.354. The Morgan fingerprint density at radius 3 is 1.80 bits per heavy atom. The molecule has 0 fully saturated rings. The molecule has 0 amide bonds. The van der Waals surface area contributed by atoms with Gasteiger partial charge in [-0.15, -0.1) is 0 Å². The van der Waals surface area contributed by atoms with E-state index in [0.717, 1.165) is 6.42 Å². The molecule has 33 valence electrons. The molecule has 0 bridgehead atoms. The smallest absolute Gasteiger partial charge is 0.0533 e. The van der Waals surface area contributed by atoms with Gasteiger partial charge in [0.2, 0.25) is 0 Å². The van der Waals surface area contributed by atoms with Crippen LogP contribution in [-0.4, -0.2) is 5.48 Å². The molecule has 5 heavy (non-hydrogen) atoms. The van der Waals surface area contributed by atoms with E-state index >= 15 is 0 Å². The predicted molar refractivity (Wildman–Crippen MR) is 23.9 cm³/mol. The molecule has 0 aromatic rings. The third-order valence-electron chi connectivity index (χ3n) is 0.354. The molecule has 0 aliphatic carbocycles. The first-order valence-electron chi connectivity index (χ1n) is 1.71. The van der Waals surface area contributed by atoms with Crippen molar-refractivity contribution in [2.24, 2.45) is 0 Å². The molecule has 1 heteroatoms. The fraction of sp³-hybridized carbons (Fsp3) is 0.750. The Hall–Kier alpha value is -0.0400. The molecule has 0 aliphatic heterocycles. The molecule has 0 aromatic heterocycles. The van der Waals surface area contributed by atoms with Gasteiger partial charge in [-0.2, -0.15) is 0 Å². The Labute approximate surface area is 33.3 Å². The largest absolute Gasteiger partial charge is 0.412 e. The highest BCUT2D eigenvalue weighted by atomic mass is 16.0. The summed E-state index contributed by atoms with van der Waals surface area (Å²) in [7, 11) is 0. The first-order valence-corrected chi connectivity index (χ1v) is 1.71. The fourth-order valence-electron chi connectivity index (χ4n) is 0. The quantitative estimate of drug-likeness (QED) is 0.441. The third kappa shape index (κ3) is 16.5. The van der Waals surface area contributed by atoms with Crippen molar-refractivity contribution in [2.75, 3.05) is 0 Å².